The maximum Gasteiger partial charge on any atom is 0.409 e. The van der Waals surface area contributed by atoms with Gasteiger partial charge in [0.15, 0.2) is 11.5 Å². The zero-order chi connectivity index (χ0) is 21.0. The van der Waals surface area contributed by atoms with Crippen molar-refractivity contribution in [3.05, 3.63) is 23.8 Å². The number of hydrazone groups is 1. The van der Waals surface area contributed by atoms with Crippen molar-refractivity contribution < 1.29 is 19.0 Å². The van der Waals surface area contributed by atoms with Crippen LogP contribution in [0.5, 0.6) is 11.5 Å². The Morgan fingerprint density at radius 3 is 2.59 bits per heavy atom. The summed E-state index contributed by atoms with van der Waals surface area (Å²) in [6.45, 7) is 5.27. The quantitative estimate of drug-likeness (QED) is 0.578. The number of carbonyl (C=O) groups excluding carboxylic acids is 1. The lowest BCUT2D eigenvalue weighted by Gasteiger charge is -2.31. The van der Waals surface area contributed by atoms with Gasteiger partial charge in [-0.15, -0.1) is 0 Å². The van der Waals surface area contributed by atoms with Crippen molar-refractivity contribution >= 4 is 11.8 Å². The van der Waals surface area contributed by atoms with Crippen LogP contribution in [0.4, 0.5) is 4.79 Å². The molecule has 1 aromatic carbocycles. The maximum absolute atomic E-state index is 12.3. The van der Waals surface area contributed by atoms with Crippen LogP contribution in [0.2, 0.25) is 0 Å². The van der Waals surface area contributed by atoms with E-state index < -0.39 is 0 Å². The Bertz CT molecular complexity index is 760. The Labute approximate surface area is 173 Å². The molecule has 2 aliphatic rings. The number of rotatable bonds is 6. The summed E-state index contributed by atoms with van der Waals surface area (Å²) in [5, 5.41) is 4.44. The van der Waals surface area contributed by atoms with Gasteiger partial charge in [0.05, 0.1) is 20.3 Å². The first kappa shape index (κ1) is 21.3. The molecule has 1 aliphatic heterocycles. The average molecular weight is 404 g/mol. The van der Waals surface area contributed by atoms with Crippen molar-refractivity contribution in [3.8, 4) is 11.5 Å². The standard InChI is InChI=1S/C22H33N3O4/c1-15(24-23-3)22(2)14-25(21(26)28-5)13-18(22)16-10-11-19(27-4)20(12-16)29-17-8-6-7-9-17/h10-12,17-18,23H,6-9,13-14H2,1-5H3. The Hall–Kier alpha value is -2.44. The smallest absolute Gasteiger partial charge is 0.409 e. The molecule has 0 spiro atoms. The first-order valence-corrected chi connectivity index (χ1v) is 10.3. The molecule has 29 heavy (non-hydrogen) atoms. The molecular weight excluding hydrogens is 370 g/mol. The highest BCUT2D eigenvalue weighted by atomic mass is 16.5. The minimum Gasteiger partial charge on any atom is -0.493 e. The van der Waals surface area contributed by atoms with Gasteiger partial charge in [-0.1, -0.05) is 13.0 Å². The van der Waals surface area contributed by atoms with Gasteiger partial charge in [-0.25, -0.2) is 4.79 Å². The molecule has 0 radical (unpaired) electrons. The van der Waals surface area contributed by atoms with Crippen LogP contribution < -0.4 is 14.9 Å². The molecular formula is C22H33N3O4. The summed E-state index contributed by atoms with van der Waals surface area (Å²) in [4.78, 5) is 14.0. The predicted molar refractivity (Wildman–Crippen MR) is 113 cm³/mol. The van der Waals surface area contributed by atoms with E-state index in [-0.39, 0.29) is 23.5 Å². The van der Waals surface area contributed by atoms with Crippen molar-refractivity contribution in [2.24, 2.45) is 10.5 Å². The number of likely N-dealkylation sites (tertiary alicyclic amines) is 1. The van der Waals surface area contributed by atoms with Crippen molar-refractivity contribution in [2.75, 3.05) is 34.4 Å². The normalized spacial score (nSPS) is 25.2. The SMILES string of the molecule is CNN=C(C)C1(C)CN(C(=O)OC)CC1c1ccc(OC)c(OC2CCCC2)c1. The van der Waals surface area contributed by atoms with Gasteiger partial charge in [-0.05, 0) is 50.3 Å². The summed E-state index contributed by atoms with van der Waals surface area (Å²) < 4.78 is 16.8. The molecule has 1 saturated heterocycles. The topological polar surface area (TPSA) is 72.4 Å². The minimum atomic E-state index is -0.323. The zero-order valence-electron chi connectivity index (χ0n) is 18.2. The van der Waals surface area contributed by atoms with Gasteiger partial charge in [-0.3, -0.25) is 0 Å². The molecule has 2 fully saturated rings. The molecule has 0 aromatic heterocycles. The molecule has 0 bridgehead atoms. The summed E-state index contributed by atoms with van der Waals surface area (Å²) >= 11 is 0. The van der Waals surface area contributed by atoms with Gasteiger partial charge >= 0.3 is 6.09 Å². The number of hydrogen-bond donors (Lipinski definition) is 1. The highest BCUT2D eigenvalue weighted by Gasteiger charge is 2.48. The molecule has 1 aliphatic carbocycles. The third-order valence-corrected chi connectivity index (χ3v) is 6.42. The summed E-state index contributed by atoms with van der Waals surface area (Å²) in [5.74, 6) is 1.58. The largest absolute Gasteiger partial charge is 0.493 e. The van der Waals surface area contributed by atoms with E-state index in [0.29, 0.717) is 13.1 Å². The molecule has 7 heteroatoms. The molecule has 2 unspecified atom stereocenters. The average Bonchev–Trinajstić information content (AvgIpc) is 3.36. The summed E-state index contributed by atoms with van der Waals surface area (Å²) in [6.07, 6.45) is 4.51. The van der Waals surface area contributed by atoms with Gasteiger partial charge < -0.3 is 24.5 Å². The summed E-state index contributed by atoms with van der Waals surface area (Å²) in [5.41, 5.74) is 4.62. The van der Waals surface area contributed by atoms with Gasteiger partial charge in [-0.2, -0.15) is 5.10 Å². The molecule has 2 atom stereocenters. The van der Waals surface area contributed by atoms with E-state index in [1.807, 2.05) is 13.0 Å². The van der Waals surface area contributed by atoms with Crippen LogP contribution in [0, 0.1) is 5.41 Å². The van der Waals surface area contributed by atoms with E-state index in [9.17, 15) is 4.79 Å². The number of methoxy groups -OCH3 is 2. The van der Waals surface area contributed by atoms with Crippen LogP contribution in [-0.2, 0) is 4.74 Å². The van der Waals surface area contributed by atoms with Gasteiger partial charge in [0.25, 0.3) is 0 Å². The van der Waals surface area contributed by atoms with Crippen molar-refractivity contribution in [1.29, 1.82) is 0 Å². The van der Waals surface area contributed by atoms with Crippen LogP contribution in [0.25, 0.3) is 0 Å². The number of nitrogens with one attached hydrogen (secondary N) is 1. The van der Waals surface area contributed by atoms with Gasteiger partial charge in [0.2, 0.25) is 0 Å². The maximum atomic E-state index is 12.3. The highest BCUT2D eigenvalue weighted by molar-refractivity contribution is 5.90. The number of ether oxygens (including phenoxy) is 3. The van der Waals surface area contributed by atoms with E-state index in [0.717, 1.165) is 35.6 Å². The van der Waals surface area contributed by atoms with E-state index in [1.54, 1.807) is 19.1 Å². The number of amides is 1. The fourth-order valence-electron chi connectivity index (χ4n) is 4.58. The number of nitrogens with zero attached hydrogens (tertiary/aromatic N) is 2. The fraction of sp³-hybridized carbons (Fsp3) is 0.636. The lowest BCUT2D eigenvalue weighted by molar-refractivity contribution is 0.130. The van der Waals surface area contributed by atoms with Crippen molar-refractivity contribution in [3.63, 3.8) is 0 Å². The van der Waals surface area contributed by atoms with Crippen LogP contribution in [-0.4, -0.2) is 57.2 Å². The molecule has 7 nitrogen and oxygen atoms in total. The van der Waals surface area contributed by atoms with Crippen LogP contribution >= 0.6 is 0 Å². The molecule has 1 N–H and O–H groups in total. The molecule has 3 rings (SSSR count). The second-order valence-corrected chi connectivity index (χ2v) is 8.18. The lowest BCUT2D eigenvalue weighted by atomic mass is 9.73. The number of benzene rings is 1. The second kappa shape index (κ2) is 8.93. The van der Waals surface area contributed by atoms with E-state index >= 15 is 0 Å². The van der Waals surface area contributed by atoms with E-state index in [2.05, 4.69) is 29.6 Å². The van der Waals surface area contributed by atoms with Crippen molar-refractivity contribution in [2.45, 2.75) is 51.6 Å². The first-order chi connectivity index (χ1) is 13.9. The lowest BCUT2D eigenvalue weighted by Crippen LogP contribution is -2.36. The molecule has 1 aromatic rings. The van der Waals surface area contributed by atoms with Crippen LogP contribution in [0.3, 0.4) is 0 Å². The molecule has 1 heterocycles. The third kappa shape index (κ3) is 4.28. The number of hydrogen-bond acceptors (Lipinski definition) is 6. The van der Waals surface area contributed by atoms with E-state index in [1.165, 1.54) is 20.0 Å². The van der Waals surface area contributed by atoms with E-state index in [4.69, 9.17) is 14.2 Å². The fourth-order valence-corrected chi connectivity index (χ4v) is 4.58. The van der Waals surface area contributed by atoms with Crippen molar-refractivity contribution in [1.82, 2.24) is 10.3 Å². The molecule has 160 valence electrons. The third-order valence-electron chi connectivity index (χ3n) is 6.42. The van der Waals surface area contributed by atoms with Crippen LogP contribution in [0.15, 0.2) is 23.3 Å². The monoisotopic (exact) mass is 403 g/mol. The Morgan fingerprint density at radius 1 is 1.24 bits per heavy atom. The Balaban J connectivity index is 1.96. The predicted octanol–water partition coefficient (Wildman–Crippen LogP) is 3.78. The minimum absolute atomic E-state index is 0.0653. The van der Waals surface area contributed by atoms with Crippen LogP contribution in [0.1, 0.15) is 51.0 Å². The Kier molecular flexibility index (Phi) is 6.55. The second-order valence-electron chi connectivity index (χ2n) is 8.18. The molecule has 1 saturated carbocycles. The zero-order valence-corrected chi connectivity index (χ0v) is 18.2. The van der Waals surface area contributed by atoms with Gasteiger partial charge in [0, 0.05) is 37.2 Å². The summed E-state index contributed by atoms with van der Waals surface area (Å²) in [7, 11) is 4.87. The molecule has 1 amide bonds. The number of carbonyl (C=O) groups is 1. The summed E-state index contributed by atoms with van der Waals surface area (Å²) in [6, 6.07) is 6.11. The highest BCUT2D eigenvalue weighted by Crippen LogP contribution is 2.46. The first-order valence-electron chi connectivity index (χ1n) is 10.3. The van der Waals surface area contributed by atoms with Gasteiger partial charge in [0.1, 0.15) is 0 Å². The Morgan fingerprint density at radius 2 is 1.97 bits per heavy atom.